The van der Waals surface area contributed by atoms with E-state index in [0.717, 1.165) is 25.7 Å². The highest BCUT2D eigenvalue weighted by Crippen LogP contribution is 2.25. The van der Waals surface area contributed by atoms with E-state index in [-0.39, 0.29) is 15.9 Å². The summed E-state index contributed by atoms with van der Waals surface area (Å²) >= 11 is 3.55. The van der Waals surface area contributed by atoms with Gasteiger partial charge in [0.15, 0.2) is 5.03 Å². The van der Waals surface area contributed by atoms with Gasteiger partial charge < -0.3 is 4.57 Å². The van der Waals surface area contributed by atoms with E-state index in [9.17, 15) is 8.42 Å². The molecule has 0 bridgehead atoms. The van der Waals surface area contributed by atoms with Crippen LogP contribution in [0.4, 0.5) is 0 Å². The van der Waals surface area contributed by atoms with Crippen molar-refractivity contribution in [3.63, 3.8) is 0 Å². The maximum Gasteiger partial charge on any atom is 0.259 e. The third-order valence-corrected chi connectivity index (χ3v) is 5.71. The predicted molar refractivity (Wildman–Crippen MR) is 73.2 cm³/mol. The van der Waals surface area contributed by atoms with Gasteiger partial charge in [-0.25, -0.2) is 18.1 Å². The molecule has 1 N–H and O–H groups in total. The van der Waals surface area contributed by atoms with Crippen LogP contribution in [-0.2, 0) is 16.6 Å². The molecule has 1 heterocycles. The molecule has 2 unspecified atom stereocenters. The minimum absolute atomic E-state index is 0.0319. The van der Waals surface area contributed by atoms with Gasteiger partial charge in [-0.3, -0.25) is 0 Å². The Morgan fingerprint density at radius 1 is 1.50 bits per heavy atom. The molecule has 0 radical (unpaired) electrons. The lowest BCUT2D eigenvalue weighted by molar-refractivity contribution is 0.427. The minimum Gasteiger partial charge on any atom is -0.336 e. The summed E-state index contributed by atoms with van der Waals surface area (Å²) in [6, 6.07) is -0.0319. The molecule has 1 aliphatic rings. The van der Waals surface area contributed by atoms with E-state index in [1.165, 1.54) is 0 Å². The van der Waals surface area contributed by atoms with Crippen LogP contribution >= 0.6 is 15.9 Å². The molecule has 7 heteroatoms. The van der Waals surface area contributed by atoms with Crippen molar-refractivity contribution in [2.24, 2.45) is 0 Å². The van der Waals surface area contributed by atoms with E-state index in [0.29, 0.717) is 6.54 Å². The van der Waals surface area contributed by atoms with Crippen LogP contribution in [0.1, 0.15) is 32.6 Å². The maximum atomic E-state index is 12.2. The first-order chi connectivity index (χ1) is 8.53. The van der Waals surface area contributed by atoms with Gasteiger partial charge in [0.2, 0.25) is 0 Å². The molecule has 2 atom stereocenters. The smallest absolute Gasteiger partial charge is 0.259 e. The van der Waals surface area contributed by atoms with Crippen molar-refractivity contribution in [1.29, 1.82) is 0 Å². The molecule has 1 aromatic rings. The number of alkyl halides is 1. The fourth-order valence-electron chi connectivity index (χ4n) is 2.13. The Bertz CT molecular complexity index is 500. The lowest BCUT2D eigenvalue weighted by Crippen LogP contribution is -2.42. The summed E-state index contributed by atoms with van der Waals surface area (Å²) in [6.45, 7) is 2.66. The largest absolute Gasteiger partial charge is 0.336 e. The number of hydrogen-bond acceptors (Lipinski definition) is 3. The molecule has 0 aromatic carbocycles. The van der Waals surface area contributed by atoms with Gasteiger partial charge >= 0.3 is 0 Å². The number of nitrogens with zero attached hydrogens (tertiary/aromatic N) is 2. The number of aromatic nitrogens is 2. The normalized spacial score (nSPS) is 25.2. The van der Waals surface area contributed by atoms with E-state index in [1.54, 1.807) is 17.1 Å². The molecule has 1 saturated carbocycles. The zero-order valence-corrected chi connectivity index (χ0v) is 12.7. The van der Waals surface area contributed by atoms with Crippen molar-refractivity contribution >= 4 is 26.0 Å². The van der Waals surface area contributed by atoms with Crippen LogP contribution in [0.15, 0.2) is 17.6 Å². The molecule has 1 fully saturated rings. The van der Waals surface area contributed by atoms with Crippen molar-refractivity contribution in [3.05, 3.63) is 12.5 Å². The number of halogens is 1. The zero-order valence-electron chi connectivity index (χ0n) is 10.3. The van der Waals surface area contributed by atoms with Crippen molar-refractivity contribution in [3.8, 4) is 0 Å². The first kappa shape index (κ1) is 14.0. The lowest BCUT2D eigenvalue weighted by atomic mass is 9.96. The highest BCUT2D eigenvalue weighted by molar-refractivity contribution is 9.09. The summed E-state index contributed by atoms with van der Waals surface area (Å²) in [7, 11) is -3.49. The standard InChI is InChI=1S/C11H18BrN3O2S/c1-2-15-7-11(13-8-15)18(16,17)14-10-6-4-3-5-9(10)12/h7-10,14H,2-6H2,1H3. The predicted octanol–water partition coefficient (Wildman–Crippen LogP) is 1.89. The van der Waals surface area contributed by atoms with E-state index < -0.39 is 10.0 Å². The number of nitrogens with one attached hydrogen (secondary N) is 1. The molecule has 0 aliphatic heterocycles. The third kappa shape index (κ3) is 3.13. The van der Waals surface area contributed by atoms with Gasteiger partial charge in [0.25, 0.3) is 10.0 Å². The highest BCUT2D eigenvalue weighted by atomic mass is 79.9. The topological polar surface area (TPSA) is 64.0 Å². The first-order valence-electron chi connectivity index (χ1n) is 6.21. The Morgan fingerprint density at radius 2 is 2.22 bits per heavy atom. The second kappa shape index (κ2) is 5.71. The van der Waals surface area contributed by atoms with Crippen molar-refractivity contribution in [2.45, 2.75) is 55.0 Å². The molecule has 2 rings (SSSR count). The van der Waals surface area contributed by atoms with Crippen molar-refractivity contribution in [1.82, 2.24) is 14.3 Å². The van der Waals surface area contributed by atoms with Gasteiger partial charge in [0.1, 0.15) is 0 Å². The van der Waals surface area contributed by atoms with E-state index in [1.807, 2.05) is 6.92 Å². The second-order valence-corrected chi connectivity index (χ2v) is 7.41. The number of aryl methyl sites for hydroxylation is 1. The summed E-state index contributed by atoms with van der Waals surface area (Å²) in [5.74, 6) is 0. The van der Waals surface area contributed by atoms with E-state index in [2.05, 4.69) is 25.6 Å². The Kier molecular flexibility index (Phi) is 4.45. The van der Waals surface area contributed by atoms with Gasteiger partial charge in [-0.2, -0.15) is 0 Å². The monoisotopic (exact) mass is 335 g/mol. The van der Waals surface area contributed by atoms with Crippen LogP contribution in [0.25, 0.3) is 0 Å². The quantitative estimate of drug-likeness (QED) is 0.854. The van der Waals surface area contributed by atoms with E-state index >= 15 is 0 Å². The van der Waals surface area contributed by atoms with Gasteiger partial charge in [-0.1, -0.05) is 28.8 Å². The van der Waals surface area contributed by atoms with Gasteiger partial charge in [0.05, 0.1) is 6.33 Å². The molecule has 5 nitrogen and oxygen atoms in total. The number of sulfonamides is 1. The molecule has 0 amide bonds. The van der Waals surface area contributed by atoms with Crippen LogP contribution in [-0.4, -0.2) is 28.8 Å². The van der Waals surface area contributed by atoms with E-state index in [4.69, 9.17) is 0 Å². The molecule has 0 spiro atoms. The Morgan fingerprint density at radius 3 is 2.83 bits per heavy atom. The van der Waals surface area contributed by atoms with Crippen LogP contribution < -0.4 is 4.72 Å². The zero-order chi connectivity index (χ0) is 13.2. The number of rotatable bonds is 4. The summed E-state index contributed by atoms with van der Waals surface area (Å²) in [4.78, 5) is 4.16. The Labute approximate surface area is 116 Å². The first-order valence-corrected chi connectivity index (χ1v) is 8.61. The molecule has 1 aliphatic carbocycles. The van der Waals surface area contributed by atoms with Crippen LogP contribution in [0.2, 0.25) is 0 Å². The van der Waals surface area contributed by atoms with Crippen molar-refractivity contribution in [2.75, 3.05) is 0 Å². The second-order valence-electron chi connectivity index (χ2n) is 4.57. The third-order valence-electron chi connectivity index (χ3n) is 3.24. The molecule has 18 heavy (non-hydrogen) atoms. The Hall–Kier alpha value is -0.400. The minimum atomic E-state index is -3.49. The van der Waals surface area contributed by atoms with Crippen LogP contribution in [0, 0.1) is 0 Å². The van der Waals surface area contributed by atoms with Crippen molar-refractivity contribution < 1.29 is 8.42 Å². The maximum absolute atomic E-state index is 12.2. The molecule has 0 saturated heterocycles. The highest BCUT2D eigenvalue weighted by Gasteiger charge is 2.28. The number of hydrogen-bond donors (Lipinski definition) is 1. The molecular weight excluding hydrogens is 318 g/mol. The number of imidazole rings is 1. The molecule has 1 aromatic heterocycles. The SMILES string of the molecule is CCn1cnc(S(=O)(=O)NC2CCCCC2Br)c1. The fourth-order valence-corrected chi connectivity index (χ4v) is 4.29. The van der Waals surface area contributed by atoms with Gasteiger partial charge in [0, 0.05) is 23.6 Å². The Balaban J connectivity index is 2.11. The molecular formula is C11H18BrN3O2S. The molecule has 102 valence electrons. The van der Waals surface area contributed by atoms with Gasteiger partial charge in [-0.05, 0) is 19.8 Å². The fraction of sp³-hybridized carbons (Fsp3) is 0.727. The summed E-state index contributed by atoms with van der Waals surface area (Å²) in [5.41, 5.74) is 0. The van der Waals surface area contributed by atoms with Gasteiger partial charge in [-0.15, -0.1) is 0 Å². The lowest BCUT2D eigenvalue weighted by Gasteiger charge is -2.27. The average molecular weight is 336 g/mol. The van der Waals surface area contributed by atoms with Crippen LogP contribution in [0.3, 0.4) is 0 Å². The summed E-state index contributed by atoms with van der Waals surface area (Å²) in [5, 5.41) is 0.106. The summed E-state index contributed by atoms with van der Waals surface area (Å²) < 4.78 is 28.8. The average Bonchev–Trinajstić information content (AvgIpc) is 2.81. The summed E-state index contributed by atoms with van der Waals surface area (Å²) in [6.07, 6.45) is 7.22. The van der Waals surface area contributed by atoms with Crippen LogP contribution in [0.5, 0.6) is 0 Å².